The second-order valence-electron chi connectivity index (χ2n) is 14.5. The summed E-state index contributed by atoms with van der Waals surface area (Å²) in [5.74, 6) is -1.13. The molecule has 2 aliphatic carbocycles. The fourth-order valence-electron chi connectivity index (χ4n) is 8.63. The Labute approximate surface area is 282 Å². The highest BCUT2D eigenvalue weighted by Gasteiger charge is 2.69. The van der Waals surface area contributed by atoms with Crippen LogP contribution in [-0.4, -0.2) is 27.5 Å². The average Bonchev–Trinajstić information content (AvgIpc) is 3.77. The van der Waals surface area contributed by atoms with Crippen molar-refractivity contribution in [3.63, 3.8) is 0 Å². The predicted octanol–water partition coefficient (Wildman–Crippen LogP) is 6.83. The van der Waals surface area contributed by atoms with Crippen molar-refractivity contribution in [1.82, 2.24) is 4.57 Å². The number of aromatic nitrogens is 1. The molecule has 2 saturated carbocycles. The fourth-order valence-corrected chi connectivity index (χ4v) is 11.8. The first-order chi connectivity index (χ1) is 22.5. The zero-order chi connectivity index (χ0) is 32.8. The maximum Gasteiger partial charge on any atom is 0.308 e. The second-order valence-corrected chi connectivity index (χ2v) is 16.7. The lowest BCUT2D eigenvalue weighted by Gasteiger charge is -2.43. The quantitative estimate of drug-likeness (QED) is 0.237. The van der Waals surface area contributed by atoms with Crippen molar-refractivity contribution in [3.8, 4) is 0 Å². The molecule has 7 atom stereocenters. The lowest BCUT2D eigenvalue weighted by Crippen LogP contribution is -2.43. The zero-order valence-electron chi connectivity index (χ0n) is 26.8. The Morgan fingerprint density at radius 1 is 0.872 bits per heavy atom. The molecule has 1 aromatic heterocycles. The van der Waals surface area contributed by atoms with Gasteiger partial charge in [-0.1, -0.05) is 92.3 Å². The molecular weight excluding hydrogens is 627 g/mol. The van der Waals surface area contributed by atoms with Crippen LogP contribution in [0.4, 0.5) is 11.4 Å². The summed E-state index contributed by atoms with van der Waals surface area (Å²) < 4.78 is 1.63. The number of amides is 3. The Balaban J connectivity index is 1.19. The van der Waals surface area contributed by atoms with E-state index >= 15 is 0 Å². The summed E-state index contributed by atoms with van der Waals surface area (Å²) in [5, 5.41) is 3.82. The molecule has 7 nitrogen and oxygen atoms in total. The summed E-state index contributed by atoms with van der Waals surface area (Å²) in [6, 6.07) is 25.6. The Kier molecular flexibility index (Phi) is 7.15. The number of thioether (sulfide) groups is 1. The second kappa shape index (κ2) is 11.1. The molecule has 240 valence electrons. The van der Waals surface area contributed by atoms with Crippen molar-refractivity contribution < 1.29 is 14.4 Å². The van der Waals surface area contributed by atoms with Crippen molar-refractivity contribution in [1.29, 1.82) is 0 Å². The number of aryl methyl sites for hydroxylation is 1. The average molecular weight is 664 g/mol. The molecule has 2 aliphatic heterocycles. The number of nitrogens with zero attached hydrogens (tertiary/aromatic N) is 2. The van der Waals surface area contributed by atoms with Crippen molar-refractivity contribution in [2.24, 2.45) is 29.6 Å². The van der Waals surface area contributed by atoms with Crippen LogP contribution in [0.3, 0.4) is 0 Å². The SMILES string of the molecule is Cc1ccc(NC(=O)Cn2c3c(sc2=O)C(c2ccc(C(C)(C)C)cc2)C2C4CC(C2S3)C2C(=O)N(c3ccccc3)C(=O)C42)cc1. The van der Waals surface area contributed by atoms with Crippen LogP contribution in [0.5, 0.6) is 0 Å². The largest absolute Gasteiger partial charge is 0.325 e. The number of benzene rings is 3. The van der Waals surface area contributed by atoms with Gasteiger partial charge in [0, 0.05) is 21.7 Å². The van der Waals surface area contributed by atoms with Gasteiger partial charge >= 0.3 is 4.87 Å². The lowest BCUT2D eigenvalue weighted by molar-refractivity contribution is -0.123. The van der Waals surface area contributed by atoms with Gasteiger partial charge in [-0.05, 0) is 71.9 Å². The summed E-state index contributed by atoms with van der Waals surface area (Å²) in [4.78, 5) is 57.2. The van der Waals surface area contributed by atoms with Crippen LogP contribution in [-0.2, 0) is 26.3 Å². The lowest BCUT2D eigenvalue weighted by atomic mass is 9.68. The van der Waals surface area contributed by atoms with Crippen LogP contribution >= 0.6 is 23.1 Å². The number of anilines is 2. The Morgan fingerprint density at radius 2 is 1.53 bits per heavy atom. The Morgan fingerprint density at radius 3 is 2.19 bits per heavy atom. The third-order valence-electron chi connectivity index (χ3n) is 10.7. The van der Waals surface area contributed by atoms with Gasteiger partial charge in [-0.25, -0.2) is 0 Å². The minimum atomic E-state index is -0.365. The molecule has 3 aromatic carbocycles. The van der Waals surface area contributed by atoms with E-state index in [1.54, 1.807) is 16.3 Å². The molecule has 4 aromatic rings. The number of fused-ring (bicyclic) bond motifs is 9. The van der Waals surface area contributed by atoms with Crippen LogP contribution < -0.4 is 15.1 Å². The van der Waals surface area contributed by atoms with E-state index < -0.39 is 0 Å². The smallest absolute Gasteiger partial charge is 0.308 e. The van der Waals surface area contributed by atoms with Gasteiger partial charge in [0.25, 0.3) is 0 Å². The molecule has 1 N–H and O–H groups in total. The molecule has 0 spiro atoms. The molecule has 8 rings (SSSR count). The van der Waals surface area contributed by atoms with Gasteiger partial charge in [-0.15, -0.1) is 11.8 Å². The van der Waals surface area contributed by atoms with E-state index in [-0.39, 0.29) is 75.3 Å². The number of carbonyl (C=O) groups excluding carboxylic acids is 3. The van der Waals surface area contributed by atoms with E-state index in [1.807, 2.05) is 61.5 Å². The summed E-state index contributed by atoms with van der Waals surface area (Å²) >= 11 is 2.88. The van der Waals surface area contributed by atoms with Gasteiger partial charge in [-0.3, -0.25) is 28.6 Å². The molecule has 3 amide bonds. The maximum absolute atomic E-state index is 14.1. The molecule has 7 unspecified atom stereocenters. The molecule has 3 heterocycles. The van der Waals surface area contributed by atoms with Crippen LogP contribution in [0.15, 0.2) is 88.7 Å². The topological polar surface area (TPSA) is 88.5 Å². The fraction of sp³-hybridized carbons (Fsp3) is 0.368. The van der Waals surface area contributed by atoms with E-state index in [9.17, 15) is 19.2 Å². The standard InChI is InChI=1S/C38H37N3O4S2/c1-20-10-16-23(17-11-20)39-27(42)19-40-36-33(47-37(40)45)28(21-12-14-22(15-13-21)38(2,3)4)29-25-18-26(32(29)46-36)31-30(25)34(43)41(35(31)44)24-8-6-5-7-9-24/h5-17,25-26,28-32H,18-19H2,1-4H3,(H,39,42). The van der Waals surface area contributed by atoms with E-state index in [4.69, 9.17) is 0 Å². The number of rotatable bonds is 5. The molecular formula is C38H37N3O4S2. The molecule has 2 bridgehead atoms. The van der Waals surface area contributed by atoms with Gasteiger partial charge in [0.05, 0.1) is 22.5 Å². The van der Waals surface area contributed by atoms with E-state index in [0.29, 0.717) is 11.4 Å². The first-order valence-corrected chi connectivity index (χ1v) is 18.0. The zero-order valence-corrected chi connectivity index (χ0v) is 28.4. The van der Waals surface area contributed by atoms with Crippen molar-refractivity contribution in [2.45, 2.75) is 62.3 Å². The number of hydrogen-bond donors (Lipinski definition) is 1. The van der Waals surface area contributed by atoms with E-state index in [0.717, 1.165) is 27.5 Å². The number of para-hydroxylation sites is 1. The van der Waals surface area contributed by atoms with Gasteiger partial charge in [-0.2, -0.15) is 0 Å². The highest BCUT2D eigenvalue weighted by molar-refractivity contribution is 8.00. The molecule has 4 aliphatic rings. The minimum Gasteiger partial charge on any atom is -0.325 e. The highest BCUT2D eigenvalue weighted by Crippen LogP contribution is 2.69. The van der Waals surface area contributed by atoms with E-state index in [1.165, 1.54) is 21.8 Å². The van der Waals surface area contributed by atoms with Crippen LogP contribution in [0.25, 0.3) is 0 Å². The summed E-state index contributed by atoms with van der Waals surface area (Å²) in [7, 11) is 0. The highest BCUT2D eigenvalue weighted by atomic mass is 32.2. The number of nitrogens with one attached hydrogen (secondary N) is 1. The number of hydrogen-bond acceptors (Lipinski definition) is 6. The maximum atomic E-state index is 14.1. The van der Waals surface area contributed by atoms with Crippen LogP contribution in [0.1, 0.15) is 54.7 Å². The van der Waals surface area contributed by atoms with E-state index in [2.05, 4.69) is 50.4 Å². The van der Waals surface area contributed by atoms with Crippen LogP contribution in [0, 0.1) is 36.5 Å². The molecule has 1 saturated heterocycles. The number of imide groups is 1. The van der Waals surface area contributed by atoms with Crippen molar-refractivity contribution in [3.05, 3.63) is 110 Å². The Bertz CT molecular complexity index is 1960. The van der Waals surface area contributed by atoms with Gasteiger partial charge < -0.3 is 5.32 Å². The van der Waals surface area contributed by atoms with Crippen molar-refractivity contribution >= 4 is 52.2 Å². The number of carbonyl (C=O) groups is 3. The monoisotopic (exact) mass is 663 g/mol. The van der Waals surface area contributed by atoms with Crippen LogP contribution in [0.2, 0.25) is 0 Å². The van der Waals surface area contributed by atoms with Gasteiger partial charge in [0.15, 0.2) is 0 Å². The third kappa shape index (κ3) is 4.84. The summed E-state index contributed by atoms with van der Waals surface area (Å²) in [6.07, 6.45) is 0.821. The van der Waals surface area contributed by atoms with Crippen molar-refractivity contribution in [2.75, 3.05) is 10.2 Å². The summed E-state index contributed by atoms with van der Waals surface area (Å²) in [6.45, 7) is 8.49. The molecule has 0 radical (unpaired) electrons. The first-order valence-electron chi connectivity index (χ1n) is 16.3. The first kappa shape index (κ1) is 30.4. The van der Waals surface area contributed by atoms with Gasteiger partial charge in [0.2, 0.25) is 17.7 Å². The molecule has 47 heavy (non-hydrogen) atoms. The number of thiazole rings is 1. The predicted molar refractivity (Wildman–Crippen MR) is 186 cm³/mol. The molecule has 3 fully saturated rings. The molecule has 9 heteroatoms. The third-order valence-corrected chi connectivity index (χ3v) is 13.5. The minimum absolute atomic E-state index is 0.00916. The van der Waals surface area contributed by atoms with Gasteiger partial charge in [0.1, 0.15) is 6.54 Å². The summed E-state index contributed by atoms with van der Waals surface area (Å²) in [5.41, 5.74) is 4.76. The normalized spacial score (nSPS) is 27.5. The Hall–Kier alpha value is -3.95.